The zero-order chi connectivity index (χ0) is 40.0. The molecule has 3 nitrogen and oxygen atoms in total. The summed E-state index contributed by atoms with van der Waals surface area (Å²) in [4.78, 5) is 0. The number of rotatable bonds is 5. The van der Waals surface area contributed by atoms with Crippen LogP contribution in [0.4, 0.5) is 0 Å². The van der Waals surface area contributed by atoms with Crippen molar-refractivity contribution in [3.63, 3.8) is 0 Å². The van der Waals surface area contributed by atoms with E-state index in [-0.39, 0.29) is 0 Å². The van der Waals surface area contributed by atoms with Crippen molar-refractivity contribution in [1.82, 2.24) is 9.13 Å². The van der Waals surface area contributed by atoms with E-state index in [9.17, 15) is 0 Å². The number of nitrogens with zero attached hydrogens (tertiary/aromatic N) is 2. The number of fused-ring (bicyclic) bond motifs is 10. The normalized spacial score (nSPS) is 11.9. The molecule has 3 heteroatoms. The Labute approximate surface area is 351 Å². The van der Waals surface area contributed by atoms with Crippen molar-refractivity contribution in [2.24, 2.45) is 0 Å². The van der Waals surface area contributed by atoms with Crippen molar-refractivity contribution in [2.45, 2.75) is 0 Å². The van der Waals surface area contributed by atoms with Crippen LogP contribution in [-0.4, -0.2) is 9.13 Å². The highest BCUT2D eigenvalue weighted by Crippen LogP contribution is 2.41. The first-order valence-electron chi connectivity index (χ1n) is 20.9. The van der Waals surface area contributed by atoms with E-state index in [0.717, 1.165) is 44.3 Å². The largest absolute Gasteiger partial charge is 0.455 e. The molecule has 0 aliphatic rings. The second kappa shape index (κ2) is 13.2. The third-order valence-corrected chi connectivity index (χ3v) is 12.7. The van der Waals surface area contributed by atoms with Gasteiger partial charge in [-0.25, -0.2) is 0 Å². The number of benzene rings is 10. The molecule has 0 fully saturated rings. The van der Waals surface area contributed by atoms with E-state index in [0.29, 0.717) is 0 Å². The van der Waals surface area contributed by atoms with Gasteiger partial charge in [0.1, 0.15) is 11.2 Å². The number of hydrogen-bond acceptors (Lipinski definition) is 1. The molecule has 0 N–H and O–H groups in total. The van der Waals surface area contributed by atoms with Gasteiger partial charge in [-0.15, -0.1) is 0 Å². The minimum atomic E-state index is 0.907. The monoisotopic (exact) mass is 776 g/mol. The van der Waals surface area contributed by atoms with Crippen molar-refractivity contribution in [2.75, 3.05) is 0 Å². The van der Waals surface area contributed by atoms with E-state index in [4.69, 9.17) is 4.42 Å². The third-order valence-electron chi connectivity index (χ3n) is 12.7. The summed E-state index contributed by atoms with van der Waals surface area (Å²) >= 11 is 0. The minimum Gasteiger partial charge on any atom is -0.455 e. The van der Waals surface area contributed by atoms with Crippen molar-refractivity contribution in [3.8, 4) is 44.8 Å². The summed E-state index contributed by atoms with van der Waals surface area (Å²) in [6, 6.07) is 79.3. The minimum absolute atomic E-state index is 0.907. The fourth-order valence-electron chi connectivity index (χ4n) is 9.80. The van der Waals surface area contributed by atoms with Crippen molar-refractivity contribution >= 4 is 76.3 Å². The van der Waals surface area contributed by atoms with Gasteiger partial charge in [0.15, 0.2) is 0 Å². The summed E-state index contributed by atoms with van der Waals surface area (Å²) in [6.45, 7) is 0. The second-order valence-corrected chi connectivity index (χ2v) is 16.1. The molecule has 0 aliphatic heterocycles. The van der Waals surface area contributed by atoms with Gasteiger partial charge in [0.2, 0.25) is 0 Å². The molecule has 61 heavy (non-hydrogen) atoms. The molecule has 0 saturated heterocycles. The highest BCUT2D eigenvalue weighted by Gasteiger charge is 2.18. The van der Waals surface area contributed by atoms with Gasteiger partial charge >= 0.3 is 0 Å². The lowest BCUT2D eigenvalue weighted by Crippen LogP contribution is -1.94. The quantitative estimate of drug-likeness (QED) is 0.171. The molecule has 13 rings (SSSR count). The molecule has 284 valence electrons. The first-order valence-corrected chi connectivity index (χ1v) is 20.9. The summed E-state index contributed by atoms with van der Waals surface area (Å²) in [5.41, 5.74) is 15.9. The molecule has 0 atom stereocenters. The molecular weight excluding hydrogens is 741 g/mol. The van der Waals surface area contributed by atoms with Crippen molar-refractivity contribution in [3.05, 3.63) is 218 Å². The van der Waals surface area contributed by atoms with Crippen LogP contribution in [0, 0.1) is 0 Å². The van der Waals surface area contributed by atoms with Crippen LogP contribution in [0.2, 0.25) is 0 Å². The van der Waals surface area contributed by atoms with Crippen molar-refractivity contribution in [1.29, 1.82) is 0 Å². The number of hydrogen-bond donors (Lipinski definition) is 0. The Bertz CT molecular complexity index is 3860. The predicted molar refractivity (Wildman–Crippen MR) is 256 cm³/mol. The molecule has 0 spiro atoms. The Morgan fingerprint density at radius 2 is 0.852 bits per heavy atom. The molecule has 3 heterocycles. The van der Waals surface area contributed by atoms with E-state index in [1.807, 2.05) is 6.07 Å². The first kappa shape index (κ1) is 33.8. The van der Waals surface area contributed by atoms with Crippen LogP contribution in [0.1, 0.15) is 0 Å². The molecule has 0 unspecified atom stereocenters. The summed E-state index contributed by atoms with van der Waals surface area (Å²) in [6.07, 6.45) is 0. The van der Waals surface area contributed by atoms with Gasteiger partial charge in [-0.2, -0.15) is 0 Å². The van der Waals surface area contributed by atoms with Gasteiger partial charge in [-0.1, -0.05) is 152 Å². The summed E-state index contributed by atoms with van der Waals surface area (Å²) < 4.78 is 11.3. The van der Waals surface area contributed by atoms with Crippen molar-refractivity contribution < 1.29 is 4.42 Å². The average molecular weight is 777 g/mol. The zero-order valence-corrected chi connectivity index (χ0v) is 33.1. The maximum Gasteiger partial charge on any atom is 0.143 e. The highest BCUT2D eigenvalue weighted by molar-refractivity contribution is 6.14. The summed E-state index contributed by atoms with van der Waals surface area (Å²) in [5, 5.41) is 9.67. The lowest BCUT2D eigenvalue weighted by atomic mass is 9.97. The van der Waals surface area contributed by atoms with Crippen LogP contribution in [0.3, 0.4) is 0 Å². The van der Waals surface area contributed by atoms with E-state index < -0.39 is 0 Å². The van der Waals surface area contributed by atoms with Gasteiger partial charge < -0.3 is 13.6 Å². The summed E-state index contributed by atoms with van der Waals surface area (Å²) in [7, 11) is 0. The van der Waals surface area contributed by atoms with E-state index in [2.05, 4.69) is 221 Å². The number of para-hydroxylation sites is 4. The molecule has 0 radical (unpaired) electrons. The van der Waals surface area contributed by atoms with Crippen LogP contribution in [0.15, 0.2) is 223 Å². The van der Waals surface area contributed by atoms with Crippen LogP contribution in [0.25, 0.3) is 121 Å². The molecule has 10 aromatic carbocycles. The van der Waals surface area contributed by atoms with Gasteiger partial charge in [0, 0.05) is 49.3 Å². The van der Waals surface area contributed by atoms with Gasteiger partial charge in [0.25, 0.3) is 0 Å². The smallest absolute Gasteiger partial charge is 0.143 e. The molecule has 13 aromatic rings. The summed E-state index contributed by atoms with van der Waals surface area (Å²) in [5.74, 6) is 0. The van der Waals surface area contributed by atoms with Gasteiger partial charge in [0.05, 0.1) is 22.1 Å². The number of aromatic nitrogens is 2. The molecule has 0 amide bonds. The fourth-order valence-corrected chi connectivity index (χ4v) is 9.80. The van der Waals surface area contributed by atoms with Crippen LogP contribution in [0.5, 0.6) is 0 Å². The lowest BCUT2D eigenvalue weighted by Gasteiger charge is -2.11. The Balaban J connectivity index is 0.935. The van der Waals surface area contributed by atoms with Gasteiger partial charge in [-0.3, -0.25) is 0 Å². The molecule has 0 aliphatic carbocycles. The maximum absolute atomic E-state index is 6.52. The van der Waals surface area contributed by atoms with Crippen LogP contribution < -0.4 is 0 Å². The van der Waals surface area contributed by atoms with Gasteiger partial charge in [-0.05, 0) is 105 Å². The average Bonchev–Trinajstić information content (AvgIpc) is 3.99. The van der Waals surface area contributed by atoms with E-state index in [1.54, 1.807) is 0 Å². The van der Waals surface area contributed by atoms with Crippen LogP contribution in [-0.2, 0) is 0 Å². The standard InChI is InChI=1S/C58H36N2O/c1-2-13-44(14-3-1)59-53-19-8-6-15-47(53)51-34-41(27-31-54(51)59)38-21-23-39(24-22-38)42-28-32-55-52(35-42)48-30-26-43(46-17-10-18-50-49-16-7-9-20-57(49)61-58(46)50)36-56(48)60(55)45-29-25-37-11-4-5-12-40(37)33-45/h1-36H. The Hall–Kier alpha value is -8.14. The Kier molecular flexibility index (Phi) is 7.31. The third kappa shape index (κ3) is 5.24. The van der Waals surface area contributed by atoms with Crippen LogP contribution >= 0.6 is 0 Å². The first-order chi connectivity index (χ1) is 30.2. The zero-order valence-electron chi connectivity index (χ0n) is 33.1. The molecule has 3 aromatic heterocycles. The molecule has 0 bridgehead atoms. The van der Waals surface area contributed by atoms with E-state index >= 15 is 0 Å². The highest BCUT2D eigenvalue weighted by atomic mass is 16.3. The Morgan fingerprint density at radius 1 is 0.279 bits per heavy atom. The SMILES string of the molecule is c1ccc(-n2c3ccccc3c3cc(-c4ccc(-c5ccc6c(c5)c5ccc(-c7cccc8c7oc7ccccc78)cc5n6-c5ccc6ccccc6c5)cc4)ccc32)cc1. The van der Waals surface area contributed by atoms with E-state index in [1.165, 1.54) is 76.8 Å². The Morgan fingerprint density at radius 3 is 1.62 bits per heavy atom. The topological polar surface area (TPSA) is 23.0 Å². The fraction of sp³-hybridized carbons (Fsp3) is 0. The number of furan rings is 1. The molecule has 0 saturated carbocycles. The lowest BCUT2D eigenvalue weighted by molar-refractivity contribution is 0.670. The molecular formula is C58H36N2O. The maximum atomic E-state index is 6.52. The predicted octanol–water partition coefficient (Wildman–Crippen LogP) is 15.9. The second-order valence-electron chi connectivity index (χ2n) is 16.1.